The molecule has 0 spiro atoms. The van der Waals surface area contributed by atoms with E-state index in [-0.39, 0.29) is 0 Å². The average molecular weight is 187 g/mol. The van der Waals surface area contributed by atoms with Gasteiger partial charge in [0.15, 0.2) is 0 Å². The highest BCUT2D eigenvalue weighted by Crippen LogP contribution is 2.02. The molecule has 0 N–H and O–H groups in total. The number of rotatable bonds is 3. The zero-order chi connectivity index (χ0) is 9.90. The minimum Gasteiger partial charge on any atom is -0.265 e. The summed E-state index contributed by atoms with van der Waals surface area (Å²) >= 11 is 0. The number of hydrogen-bond acceptors (Lipinski definition) is 3. The van der Waals surface area contributed by atoms with Crippen LogP contribution in [0.1, 0.15) is 6.93 Å². The second kappa shape index (κ2) is 3.69. The highest BCUT2D eigenvalue weighted by molar-refractivity contribution is 7.85. The van der Waals surface area contributed by atoms with Crippen LogP contribution in [0.2, 0.25) is 0 Å². The van der Waals surface area contributed by atoms with Gasteiger partial charge in [0.1, 0.15) is 0 Å². The molecule has 0 fully saturated rings. The first kappa shape index (κ1) is 7.76. The highest BCUT2D eigenvalue weighted by Gasteiger charge is 2.00. The Kier molecular flexibility index (Phi) is 2.39. The SMILES string of the molecule is [2H][C@H](OS(C)(=O)=O)c1ccccc1. The Morgan fingerprint density at radius 3 is 2.50 bits per heavy atom. The Labute approximate surface area is 73.5 Å². The largest absolute Gasteiger partial charge is 0.265 e. The summed E-state index contributed by atoms with van der Waals surface area (Å²) in [4.78, 5) is 0. The Morgan fingerprint density at radius 2 is 2.00 bits per heavy atom. The van der Waals surface area contributed by atoms with Crippen molar-refractivity contribution in [2.24, 2.45) is 0 Å². The maximum absolute atomic E-state index is 10.7. The molecule has 0 aliphatic rings. The second-order valence-electron chi connectivity index (χ2n) is 2.33. The maximum atomic E-state index is 10.7. The molecule has 0 saturated heterocycles. The summed E-state index contributed by atoms with van der Waals surface area (Å²) in [6.07, 6.45) is 0.928. The first-order valence-corrected chi connectivity index (χ1v) is 5.16. The lowest BCUT2D eigenvalue weighted by Gasteiger charge is -1.99. The van der Waals surface area contributed by atoms with E-state index in [1.807, 2.05) is 0 Å². The van der Waals surface area contributed by atoms with Crippen molar-refractivity contribution in [1.82, 2.24) is 0 Å². The highest BCUT2D eigenvalue weighted by atomic mass is 32.2. The zero-order valence-corrected chi connectivity index (χ0v) is 7.41. The van der Waals surface area contributed by atoms with Crippen molar-refractivity contribution in [1.29, 1.82) is 0 Å². The summed E-state index contributed by atoms with van der Waals surface area (Å²) in [7, 11) is -3.56. The molecule has 1 aromatic carbocycles. The van der Waals surface area contributed by atoms with E-state index in [0.717, 1.165) is 6.26 Å². The van der Waals surface area contributed by atoms with Crippen molar-refractivity contribution in [2.75, 3.05) is 6.26 Å². The van der Waals surface area contributed by atoms with Gasteiger partial charge in [-0.15, -0.1) is 0 Å². The molecule has 1 rings (SSSR count). The van der Waals surface area contributed by atoms with Crippen molar-refractivity contribution in [3.05, 3.63) is 35.9 Å². The van der Waals surface area contributed by atoms with Crippen molar-refractivity contribution in [3.8, 4) is 0 Å². The van der Waals surface area contributed by atoms with Crippen molar-refractivity contribution in [2.45, 2.75) is 6.58 Å². The van der Waals surface area contributed by atoms with E-state index >= 15 is 0 Å². The van der Waals surface area contributed by atoms with E-state index in [0.29, 0.717) is 5.56 Å². The molecular formula is C8H10O3S. The van der Waals surface area contributed by atoms with Gasteiger partial charge in [0, 0.05) is 0 Å². The molecule has 4 heteroatoms. The van der Waals surface area contributed by atoms with E-state index in [4.69, 9.17) is 1.37 Å². The Hall–Kier alpha value is -0.870. The summed E-state index contributed by atoms with van der Waals surface area (Å²) in [5, 5.41) is 0. The molecule has 12 heavy (non-hydrogen) atoms. The Balaban J connectivity index is 2.76. The van der Waals surface area contributed by atoms with Crippen LogP contribution < -0.4 is 0 Å². The van der Waals surface area contributed by atoms with Crippen molar-refractivity contribution in [3.63, 3.8) is 0 Å². The normalized spacial score (nSPS) is 15.2. The molecule has 1 aromatic rings. The van der Waals surface area contributed by atoms with Crippen LogP contribution in [0.4, 0.5) is 0 Å². The van der Waals surface area contributed by atoms with Gasteiger partial charge >= 0.3 is 0 Å². The third kappa shape index (κ3) is 3.50. The molecule has 0 aliphatic carbocycles. The molecular weight excluding hydrogens is 176 g/mol. The predicted octanol–water partition coefficient (Wildman–Crippen LogP) is 1.16. The van der Waals surface area contributed by atoms with Gasteiger partial charge in [-0.25, -0.2) is 0 Å². The van der Waals surface area contributed by atoms with Crippen LogP contribution in [0.3, 0.4) is 0 Å². The lowest BCUT2D eigenvalue weighted by Crippen LogP contribution is -2.02. The summed E-state index contributed by atoms with van der Waals surface area (Å²) in [5.74, 6) is 0. The molecule has 0 aromatic heterocycles. The van der Waals surface area contributed by atoms with Crippen LogP contribution in [0, 0.1) is 0 Å². The van der Waals surface area contributed by atoms with Crippen molar-refractivity contribution >= 4 is 10.1 Å². The molecule has 0 amide bonds. The van der Waals surface area contributed by atoms with Gasteiger partial charge in [-0.05, 0) is 5.56 Å². The molecule has 0 unspecified atom stereocenters. The minimum absolute atomic E-state index is 0.521. The molecule has 0 heterocycles. The molecule has 3 nitrogen and oxygen atoms in total. The Bertz CT molecular complexity index is 360. The van der Waals surface area contributed by atoms with Gasteiger partial charge < -0.3 is 0 Å². The summed E-state index contributed by atoms with van der Waals surface area (Å²) in [6, 6.07) is 8.52. The van der Waals surface area contributed by atoms with E-state index in [9.17, 15) is 8.42 Å². The van der Waals surface area contributed by atoms with Crippen LogP contribution in [0.25, 0.3) is 0 Å². The van der Waals surface area contributed by atoms with Crippen LogP contribution >= 0.6 is 0 Å². The lowest BCUT2D eigenvalue weighted by atomic mass is 10.2. The van der Waals surface area contributed by atoms with E-state index < -0.39 is 16.7 Å². The summed E-state index contributed by atoms with van der Waals surface area (Å²) < 4.78 is 33.2. The third-order valence-electron chi connectivity index (χ3n) is 1.16. The topological polar surface area (TPSA) is 43.4 Å². The van der Waals surface area contributed by atoms with E-state index in [1.54, 1.807) is 30.3 Å². The fourth-order valence-electron chi connectivity index (χ4n) is 0.675. The van der Waals surface area contributed by atoms with Gasteiger partial charge in [0.25, 0.3) is 10.1 Å². The van der Waals surface area contributed by atoms with Crippen LogP contribution in [0.5, 0.6) is 0 Å². The Morgan fingerprint density at radius 1 is 1.42 bits per heavy atom. The standard InChI is InChI=1S/C8H10O3S/c1-12(9,10)11-7-8-5-3-2-4-6-8/h2-6H,7H2,1H3/i7D/t7-/m0/s1. The zero-order valence-electron chi connectivity index (χ0n) is 7.60. The fraction of sp³-hybridized carbons (Fsp3) is 0.250. The molecule has 1 atom stereocenters. The van der Waals surface area contributed by atoms with Crippen LogP contribution in [-0.2, 0) is 20.9 Å². The van der Waals surface area contributed by atoms with Gasteiger partial charge in [0.05, 0.1) is 14.2 Å². The quantitative estimate of drug-likeness (QED) is 0.667. The number of hydrogen-bond donors (Lipinski definition) is 0. The maximum Gasteiger partial charge on any atom is 0.264 e. The molecule has 0 bridgehead atoms. The third-order valence-corrected chi connectivity index (χ3v) is 1.60. The smallest absolute Gasteiger partial charge is 0.264 e. The fourth-order valence-corrected chi connectivity index (χ4v) is 0.960. The summed E-state index contributed by atoms with van der Waals surface area (Å²) in [5.41, 5.74) is 0.521. The van der Waals surface area contributed by atoms with Crippen LogP contribution in [-0.4, -0.2) is 14.7 Å². The minimum atomic E-state index is -3.56. The van der Waals surface area contributed by atoms with Gasteiger partial charge in [-0.3, -0.25) is 4.18 Å². The number of benzene rings is 1. The second-order valence-corrected chi connectivity index (χ2v) is 3.93. The first-order chi connectivity index (χ1) is 5.99. The molecule has 0 radical (unpaired) electrons. The molecule has 0 aliphatic heterocycles. The van der Waals surface area contributed by atoms with Crippen molar-refractivity contribution < 1.29 is 14.0 Å². The van der Waals surface area contributed by atoms with Crippen LogP contribution in [0.15, 0.2) is 30.3 Å². The molecule has 0 saturated carbocycles. The lowest BCUT2D eigenvalue weighted by molar-refractivity contribution is 0.311. The van der Waals surface area contributed by atoms with Gasteiger partial charge in [-0.1, -0.05) is 30.3 Å². The monoisotopic (exact) mass is 187 g/mol. The predicted molar refractivity (Wildman–Crippen MR) is 46.1 cm³/mol. The van der Waals surface area contributed by atoms with Gasteiger partial charge in [0.2, 0.25) is 0 Å². The average Bonchev–Trinajstić information content (AvgIpc) is 2.03. The van der Waals surface area contributed by atoms with E-state index in [2.05, 4.69) is 4.18 Å². The molecule has 66 valence electrons. The first-order valence-electron chi connectivity index (χ1n) is 3.92. The summed E-state index contributed by atoms with van der Waals surface area (Å²) in [6.45, 7) is -1.17. The van der Waals surface area contributed by atoms with E-state index in [1.165, 1.54) is 0 Å². The van der Waals surface area contributed by atoms with Gasteiger partial charge in [-0.2, -0.15) is 8.42 Å².